The number of nitrogens with two attached hydrogens (primary N) is 1. The molecule has 5 heteroatoms. The molecule has 102 valence electrons. The minimum Gasteiger partial charge on any atom is -0.497 e. The molecule has 0 aliphatic rings. The van der Waals surface area contributed by atoms with Crippen LogP contribution in [-0.2, 0) is 13.0 Å². The normalized spacial score (nSPS) is 10.9. The Morgan fingerprint density at radius 2 is 2.21 bits per heavy atom. The molecule has 5 nitrogen and oxygen atoms in total. The number of methoxy groups -OCH3 is 1. The van der Waals surface area contributed by atoms with E-state index in [-0.39, 0.29) is 0 Å². The molecular weight excluding hydrogens is 240 g/mol. The maximum atomic E-state index is 5.58. The van der Waals surface area contributed by atoms with Crippen LogP contribution in [-0.4, -0.2) is 35.8 Å². The fourth-order valence-electron chi connectivity index (χ4n) is 1.98. The van der Waals surface area contributed by atoms with Crippen molar-refractivity contribution in [3.05, 3.63) is 41.6 Å². The minimum atomic E-state index is 0.538. The standard InChI is InChI=1S/C14H20N4O/c1-18(10-12-9-14(15)17-16-12)7-6-11-4-3-5-13(8-11)19-2/h3-5,8-9H,6-7,10H2,1-2H3,(H3,15,16,17). The Morgan fingerprint density at radius 3 is 2.89 bits per heavy atom. The topological polar surface area (TPSA) is 67.2 Å². The molecule has 0 aliphatic carbocycles. The number of rotatable bonds is 6. The van der Waals surface area contributed by atoms with E-state index in [1.807, 2.05) is 18.2 Å². The largest absolute Gasteiger partial charge is 0.497 e. The van der Waals surface area contributed by atoms with Gasteiger partial charge in [-0.25, -0.2) is 0 Å². The second-order valence-corrected chi connectivity index (χ2v) is 4.66. The van der Waals surface area contributed by atoms with Gasteiger partial charge in [0.1, 0.15) is 11.6 Å². The van der Waals surface area contributed by atoms with E-state index in [9.17, 15) is 0 Å². The number of benzene rings is 1. The van der Waals surface area contributed by atoms with Gasteiger partial charge in [-0.3, -0.25) is 5.10 Å². The highest BCUT2D eigenvalue weighted by Crippen LogP contribution is 2.13. The first-order chi connectivity index (χ1) is 9.17. The lowest BCUT2D eigenvalue weighted by Gasteiger charge is -2.15. The molecule has 3 N–H and O–H groups in total. The van der Waals surface area contributed by atoms with Crippen LogP contribution >= 0.6 is 0 Å². The van der Waals surface area contributed by atoms with Gasteiger partial charge in [-0.05, 0) is 31.2 Å². The second-order valence-electron chi connectivity index (χ2n) is 4.66. The third kappa shape index (κ3) is 3.99. The fraction of sp³-hybridized carbons (Fsp3) is 0.357. The van der Waals surface area contributed by atoms with Crippen LogP contribution in [0.15, 0.2) is 30.3 Å². The van der Waals surface area contributed by atoms with E-state index in [1.54, 1.807) is 7.11 Å². The highest BCUT2D eigenvalue weighted by Gasteiger charge is 2.04. The van der Waals surface area contributed by atoms with Gasteiger partial charge in [0.05, 0.1) is 12.8 Å². The van der Waals surface area contributed by atoms with E-state index < -0.39 is 0 Å². The van der Waals surface area contributed by atoms with Crippen LogP contribution in [0.1, 0.15) is 11.3 Å². The Balaban J connectivity index is 1.84. The van der Waals surface area contributed by atoms with Gasteiger partial charge >= 0.3 is 0 Å². The first-order valence-electron chi connectivity index (χ1n) is 6.28. The van der Waals surface area contributed by atoms with Gasteiger partial charge < -0.3 is 15.4 Å². The molecule has 0 bridgehead atoms. The Labute approximate surface area is 113 Å². The lowest BCUT2D eigenvalue weighted by molar-refractivity contribution is 0.326. The lowest BCUT2D eigenvalue weighted by atomic mass is 10.1. The van der Waals surface area contributed by atoms with E-state index in [0.29, 0.717) is 5.82 Å². The maximum absolute atomic E-state index is 5.58. The zero-order valence-electron chi connectivity index (χ0n) is 11.4. The average molecular weight is 260 g/mol. The fourth-order valence-corrected chi connectivity index (χ4v) is 1.98. The highest BCUT2D eigenvalue weighted by molar-refractivity contribution is 5.29. The number of nitrogen functional groups attached to an aromatic ring is 1. The summed E-state index contributed by atoms with van der Waals surface area (Å²) in [5, 5.41) is 6.84. The van der Waals surface area contributed by atoms with Crippen molar-refractivity contribution in [2.75, 3.05) is 26.4 Å². The van der Waals surface area contributed by atoms with Crippen LogP contribution in [0.5, 0.6) is 5.75 Å². The van der Waals surface area contributed by atoms with Crippen LogP contribution in [0.4, 0.5) is 5.82 Å². The third-order valence-corrected chi connectivity index (χ3v) is 3.01. The van der Waals surface area contributed by atoms with Gasteiger partial charge in [-0.15, -0.1) is 0 Å². The van der Waals surface area contributed by atoms with Gasteiger partial charge in [0.25, 0.3) is 0 Å². The van der Waals surface area contributed by atoms with Gasteiger partial charge in [0.2, 0.25) is 0 Å². The smallest absolute Gasteiger partial charge is 0.145 e. The zero-order valence-corrected chi connectivity index (χ0v) is 11.4. The summed E-state index contributed by atoms with van der Waals surface area (Å²) >= 11 is 0. The molecule has 2 rings (SSSR count). The van der Waals surface area contributed by atoms with Crippen molar-refractivity contribution >= 4 is 5.82 Å². The van der Waals surface area contributed by atoms with Gasteiger partial charge in [-0.1, -0.05) is 12.1 Å². The molecule has 1 aromatic heterocycles. The predicted molar refractivity (Wildman–Crippen MR) is 76.0 cm³/mol. The summed E-state index contributed by atoms with van der Waals surface area (Å²) in [4.78, 5) is 2.23. The molecule has 1 aromatic carbocycles. The van der Waals surface area contributed by atoms with Crippen molar-refractivity contribution in [1.29, 1.82) is 0 Å². The molecule has 0 radical (unpaired) electrons. The van der Waals surface area contributed by atoms with E-state index in [1.165, 1.54) is 5.56 Å². The van der Waals surface area contributed by atoms with Crippen molar-refractivity contribution in [2.24, 2.45) is 0 Å². The number of anilines is 1. The van der Waals surface area contributed by atoms with Gasteiger partial charge in [-0.2, -0.15) is 5.10 Å². The summed E-state index contributed by atoms with van der Waals surface area (Å²) in [5.41, 5.74) is 7.88. The molecule has 0 spiro atoms. The molecule has 0 unspecified atom stereocenters. The minimum absolute atomic E-state index is 0.538. The Bertz CT molecular complexity index is 524. The zero-order chi connectivity index (χ0) is 13.7. The average Bonchev–Trinajstić information content (AvgIpc) is 2.82. The van der Waals surface area contributed by atoms with Crippen molar-refractivity contribution < 1.29 is 4.74 Å². The third-order valence-electron chi connectivity index (χ3n) is 3.01. The summed E-state index contributed by atoms with van der Waals surface area (Å²) < 4.78 is 5.22. The number of hydrogen-bond donors (Lipinski definition) is 2. The number of hydrogen-bond acceptors (Lipinski definition) is 4. The quantitative estimate of drug-likeness (QED) is 0.829. The number of likely N-dealkylation sites (N-methyl/N-ethyl adjacent to an activating group) is 1. The number of H-pyrrole nitrogens is 1. The Kier molecular flexibility index (Phi) is 4.41. The van der Waals surface area contributed by atoms with E-state index in [4.69, 9.17) is 10.5 Å². The predicted octanol–water partition coefficient (Wildman–Crippen LogP) is 1.67. The molecular formula is C14H20N4O. The highest BCUT2D eigenvalue weighted by atomic mass is 16.5. The van der Waals surface area contributed by atoms with Crippen LogP contribution in [0, 0.1) is 0 Å². The number of ether oxygens (including phenoxy) is 1. The number of nitrogens with one attached hydrogen (secondary N) is 1. The van der Waals surface area contributed by atoms with Gasteiger partial charge in [0, 0.05) is 19.2 Å². The summed E-state index contributed by atoms with van der Waals surface area (Å²) in [6.07, 6.45) is 0.983. The van der Waals surface area contributed by atoms with Crippen LogP contribution in [0.2, 0.25) is 0 Å². The summed E-state index contributed by atoms with van der Waals surface area (Å²) in [7, 11) is 3.77. The number of aromatic nitrogens is 2. The van der Waals surface area contributed by atoms with Crippen LogP contribution in [0.3, 0.4) is 0 Å². The monoisotopic (exact) mass is 260 g/mol. The van der Waals surface area contributed by atoms with Crippen LogP contribution in [0.25, 0.3) is 0 Å². The SMILES string of the molecule is COc1cccc(CCN(C)Cc2cc(N)n[nH]2)c1. The molecule has 0 saturated carbocycles. The molecule has 0 fully saturated rings. The van der Waals surface area contributed by atoms with Crippen molar-refractivity contribution in [2.45, 2.75) is 13.0 Å². The Morgan fingerprint density at radius 1 is 1.37 bits per heavy atom. The first-order valence-corrected chi connectivity index (χ1v) is 6.28. The molecule has 0 saturated heterocycles. The molecule has 1 heterocycles. The lowest BCUT2D eigenvalue weighted by Crippen LogP contribution is -2.20. The van der Waals surface area contributed by atoms with E-state index in [2.05, 4.69) is 34.3 Å². The Hall–Kier alpha value is -2.01. The number of nitrogens with zero attached hydrogens (tertiary/aromatic N) is 2. The molecule has 0 atom stereocenters. The maximum Gasteiger partial charge on any atom is 0.145 e. The van der Waals surface area contributed by atoms with Gasteiger partial charge in [0.15, 0.2) is 0 Å². The van der Waals surface area contributed by atoms with Crippen molar-refractivity contribution in [3.8, 4) is 5.75 Å². The van der Waals surface area contributed by atoms with Crippen molar-refractivity contribution in [1.82, 2.24) is 15.1 Å². The summed E-state index contributed by atoms with van der Waals surface area (Å²) in [6, 6.07) is 10.0. The number of aromatic amines is 1. The summed E-state index contributed by atoms with van der Waals surface area (Å²) in [6.45, 7) is 1.78. The summed E-state index contributed by atoms with van der Waals surface area (Å²) in [5.74, 6) is 1.44. The second kappa shape index (κ2) is 6.24. The molecule has 2 aromatic rings. The van der Waals surface area contributed by atoms with Crippen molar-refractivity contribution in [3.63, 3.8) is 0 Å². The van der Waals surface area contributed by atoms with E-state index in [0.717, 1.165) is 31.0 Å². The first kappa shape index (κ1) is 13.4. The van der Waals surface area contributed by atoms with Crippen LogP contribution < -0.4 is 10.5 Å². The molecule has 19 heavy (non-hydrogen) atoms. The van der Waals surface area contributed by atoms with E-state index >= 15 is 0 Å². The molecule has 0 aliphatic heterocycles. The molecule has 0 amide bonds.